The zero-order valence-electron chi connectivity index (χ0n) is 16.2. The Bertz CT molecular complexity index is 1260. The second kappa shape index (κ2) is 7.59. The second-order valence-electron chi connectivity index (χ2n) is 6.75. The molecule has 0 spiro atoms. The first-order valence-electron chi connectivity index (χ1n) is 8.81. The van der Waals surface area contributed by atoms with Crippen LogP contribution in [-0.2, 0) is 10.7 Å². The second-order valence-corrected chi connectivity index (χ2v) is 6.75. The van der Waals surface area contributed by atoms with Crippen molar-refractivity contribution in [2.45, 2.75) is 32.7 Å². The van der Waals surface area contributed by atoms with Crippen LogP contribution in [0.15, 0.2) is 29.2 Å². The first kappa shape index (κ1) is 21.0. The highest BCUT2D eigenvalue weighted by molar-refractivity contribution is 5.89. The molecule has 7 nitrogen and oxygen atoms in total. The summed E-state index contributed by atoms with van der Waals surface area (Å²) in [5.74, 6) is -6.58. The molecule has 1 atom stereocenters. The van der Waals surface area contributed by atoms with Gasteiger partial charge in [0.1, 0.15) is 11.9 Å². The third-order valence-corrected chi connectivity index (χ3v) is 4.69. The Morgan fingerprint density at radius 1 is 1.33 bits per heavy atom. The number of nitriles is 1. The van der Waals surface area contributed by atoms with E-state index >= 15 is 0 Å². The van der Waals surface area contributed by atoms with Crippen molar-refractivity contribution in [3.8, 4) is 6.07 Å². The lowest BCUT2D eigenvalue weighted by Crippen LogP contribution is -2.43. The number of hydrogen-bond donors (Lipinski definition) is 2. The number of nitrogens with one attached hydrogen (secondary N) is 2. The fourth-order valence-electron chi connectivity index (χ4n) is 3.24. The molecule has 0 unspecified atom stereocenters. The highest BCUT2D eigenvalue weighted by Gasteiger charge is 2.45. The quantitative estimate of drug-likeness (QED) is 0.681. The van der Waals surface area contributed by atoms with Crippen LogP contribution in [0.4, 0.5) is 13.2 Å². The van der Waals surface area contributed by atoms with Crippen LogP contribution in [0.2, 0.25) is 0 Å². The number of H-pyrrole nitrogens is 1. The number of carbonyl (C=O) groups is 1. The molecular formula is C20H16F3N5O2. The molecule has 0 saturated heterocycles. The van der Waals surface area contributed by atoms with Gasteiger partial charge in [-0.05, 0) is 44.5 Å². The molecule has 0 bridgehead atoms. The Labute approximate surface area is 168 Å². The molecule has 3 rings (SSSR count). The molecule has 1 aromatic carbocycles. The van der Waals surface area contributed by atoms with E-state index in [0.29, 0.717) is 5.69 Å². The average Bonchev–Trinajstić information content (AvgIpc) is 2.68. The van der Waals surface area contributed by atoms with Crippen molar-refractivity contribution < 1.29 is 18.0 Å². The van der Waals surface area contributed by atoms with Gasteiger partial charge in [-0.15, -0.1) is 0 Å². The van der Waals surface area contributed by atoms with E-state index in [4.69, 9.17) is 5.26 Å². The smallest absolute Gasteiger partial charge is 0.342 e. The summed E-state index contributed by atoms with van der Waals surface area (Å²) in [5, 5.41) is 11.0. The summed E-state index contributed by atoms with van der Waals surface area (Å²) in [5.41, 5.74) is -1.69. The topological polar surface area (TPSA) is 112 Å². The summed E-state index contributed by atoms with van der Waals surface area (Å²) in [4.78, 5) is 34.9. The first-order chi connectivity index (χ1) is 14.1. The van der Waals surface area contributed by atoms with Gasteiger partial charge in [0.15, 0.2) is 5.69 Å². The summed E-state index contributed by atoms with van der Waals surface area (Å²) >= 11 is 0. The molecule has 3 aromatic rings. The van der Waals surface area contributed by atoms with E-state index in [1.165, 1.54) is 26.8 Å². The third kappa shape index (κ3) is 3.61. The molecule has 2 heterocycles. The van der Waals surface area contributed by atoms with E-state index in [-0.39, 0.29) is 27.9 Å². The molecule has 1 amide bonds. The Balaban J connectivity index is 1.98. The van der Waals surface area contributed by atoms with Crippen molar-refractivity contribution in [1.29, 1.82) is 5.26 Å². The third-order valence-electron chi connectivity index (χ3n) is 4.69. The number of aryl methyl sites for hydroxylation is 2. The van der Waals surface area contributed by atoms with Gasteiger partial charge < -0.3 is 10.3 Å². The number of amides is 1. The zero-order chi connectivity index (χ0) is 22.2. The molecule has 0 radical (unpaired) electrons. The van der Waals surface area contributed by atoms with Crippen molar-refractivity contribution in [2.24, 2.45) is 0 Å². The minimum Gasteiger partial charge on any atom is -0.342 e. The van der Waals surface area contributed by atoms with E-state index in [0.717, 1.165) is 18.3 Å². The van der Waals surface area contributed by atoms with Crippen LogP contribution >= 0.6 is 0 Å². The fourth-order valence-corrected chi connectivity index (χ4v) is 3.24. The monoisotopic (exact) mass is 415 g/mol. The Morgan fingerprint density at radius 3 is 2.67 bits per heavy atom. The summed E-state index contributed by atoms with van der Waals surface area (Å²) in [7, 11) is 0. The molecule has 2 aromatic heterocycles. The van der Waals surface area contributed by atoms with Gasteiger partial charge in [-0.25, -0.2) is 9.37 Å². The average molecular weight is 415 g/mol. The minimum atomic E-state index is -4.19. The maximum atomic E-state index is 15.0. The van der Waals surface area contributed by atoms with Crippen LogP contribution in [0.25, 0.3) is 10.9 Å². The van der Waals surface area contributed by atoms with Crippen LogP contribution in [0.5, 0.6) is 0 Å². The number of aromatic amines is 1. The first-order valence-corrected chi connectivity index (χ1v) is 8.81. The summed E-state index contributed by atoms with van der Waals surface area (Å²) in [6, 6.07) is 4.19. The number of pyridine rings is 1. The fraction of sp³-hybridized carbons (Fsp3) is 0.250. The largest absolute Gasteiger partial charge is 0.355 e. The number of hydrogen-bond acceptors (Lipinski definition) is 5. The number of fused-ring (bicyclic) bond motifs is 1. The molecule has 0 aliphatic rings. The van der Waals surface area contributed by atoms with Gasteiger partial charge >= 0.3 is 5.92 Å². The number of rotatable bonds is 4. The lowest BCUT2D eigenvalue weighted by Gasteiger charge is -2.21. The minimum absolute atomic E-state index is 0.0469. The zero-order valence-corrected chi connectivity index (χ0v) is 16.2. The van der Waals surface area contributed by atoms with Gasteiger partial charge in [0.05, 0.1) is 29.2 Å². The molecule has 2 N–H and O–H groups in total. The number of alkyl halides is 2. The molecule has 30 heavy (non-hydrogen) atoms. The molecule has 0 aliphatic heterocycles. The number of nitrogens with zero attached hydrogens (tertiary/aromatic N) is 3. The van der Waals surface area contributed by atoms with Crippen molar-refractivity contribution in [3.63, 3.8) is 0 Å². The van der Waals surface area contributed by atoms with Crippen molar-refractivity contribution in [3.05, 3.63) is 68.8 Å². The predicted molar refractivity (Wildman–Crippen MR) is 101 cm³/mol. The summed E-state index contributed by atoms with van der Waals surface area (Å²) in [6.45, 7) is 4.17. The van der Waals surface area contributed by atoms with Gasteiger partial charge in [0, 0.05) is 10.9 Å². The van der Waals surface area contributed by atoms with E-state index in [1.807, 2.05) is 0 Å². The van der Waals surface area contributed by atoms with Gasteiger partial charge in [-0.3, -0.25) is 14.6 Å². The molecule has 0 fully saturated rings. The van der Waals surface area contributed by atoms with Crippen molar-refractivity contribution in [2.75, 3.05) is 0 Å². The number of aromatic nitrogens is 3. The lowest BCUT2D eigenvalue weighted by molar-refractivity contribution is -0.148. The van der Waals surface area contributed by atoms with Gasteiger partial charge in [0.2, 0.25) is 0 Å². The SMILES string of the molecule is Cc1nc(C#N)cnc1[C@H](C)NC(=O)C(F)(F)c1c(C)c2cc(F)ccc2[nH]c1=O. The maximum Gasteiger partial charge on any atom is 0.355 e. The van der Waals surface area contributed by atoms with Crippen LogP contribution in [0.3, 0.4) is 0 Å². The van der Waals surface area contributed by atoms with Gasteiger partial charge in [0.25, 0.3) is 11.5 Å². The Hall–Kier alpha value is -3.74. The molecular weight excluding hydrogens is 399 g/mol. The molecule has 0 saturated carbocycles. The van der Waals surface area contributed by atoms with E-state index < -0.39 is 34.8 Å². The number of benzene rings is 1. The highest BCUT2D eigenvalue weighted by atomic mass is 19.3. The standard InChI is InChI=1S/C20H16F3N5O2/c1-9-14-6-12(21)4-5-15(14)28-18(29)16(9)20(22,23)19(30)27-11(3)17-10(2)26-13(7-24)8-25-17/h4-6,8,11H,1-3H3,(H,27,30)(H,28,29)/t11-/m0/s1. The Kier molecular flexibility index (Phi) is 5.31. The molecule has 0 aliphatic carbocycles. The van der Waals surface area contributed by atoms with E-state index in [2.05, 4.69) is 20.3 Å². The predicted octanol–water partition coefficient (Wildman–Crippen LogP) is 2.91. The maximum absolute atomic E-state index is 15.0. The van der Waals surface area contributed by atoms with Crippen molar-refractivity contribution >= 4 is 16.8 Å². The summed E-state index contributed by atoms with van der Waals surface area (Å²) < 4.78 is 43.5. The van der Waals surface area contributed by atoms with E-state index in [9.17, 15) is 22.8 Å². The van der Waals surface area contributed by atoms with Crippen LogP contribution in [0.1, 0.15) is 41.2 Å². The van der Waals surface area contributed by atoms with Gasteiger partial charge in [-0.1, -0.05) is 0 Å². The number of carbonyl (C=O) groups excluding carboxylic acids is 1. The van der Waals surface area contributed by atoms with Crippen molar-refractivity contribution in [1.82, 2.24) is 20.3 Å². The lowest BCUT2D eigenvalue weighted by atomic mass is 9.99. The Morgan fingerprint density at radius 2 is 2.03 bits per heavy atom. The normalized spacial score (nSPS) is 12.4. The highest BCUT2D eigenvalue weighted by Crippen LogP contribution is 2.32. The van der Waals surface area contributed by atoms with Gasteiger partial charge in [-0.2, -0.15) is 14.0 Å². The van der Waals surface area contributed by atoms with Crippen LogP contribution in [0, 0.1) is 31.0 Å². The van der Waals surface area contributed by atoms with Crippen LogP contribution < -0.4 is 10.9 Å². The van der Waals surface area contributed by atoms with Crippen LogP contribution in [-0.4, -0.2) is 20.9 Å². The molecule has 154 valence electrons. The molecule has 10 heteroatoms. The number of halogens is 3. The van der Waals surface area contributed by atoms with E-state index in [1.54, 1.807) is 6.07 Å². The summed E-state index contributed by atoms with van der Waals surface area (Å²) in [6.07, 6.45) is 1.16.